The lowest BCUT2D eigenvalue weighted by Gasteiger charge is -2.05. The number of nitriles is 1. The molecule has 0 fully saturated rings. The molecule has 2 rings (SSSR count). The Bertz CT molecular complexity index is 732. The van der Waals surface area contributed by atoms with Gasteiger partial charge in [0.2, 0.25) is 5.15 Å². The quantitative estimate of drug-likeness (QED) is 0.490. The number of aromatic nitrogens is 2. The second-order valence-electron chi connectivity index (χ2n) is 3.43. The van der Waals surface area contributed by atoms with Crippen LogP contribution in [0.4, 0.5) is 10.1 Å². The molecule has 0 aliphatic carbocycles. The van der Waals surface area contributed by atoms with Gasteiger partial charge < -0.3 is 4.74 Å². The number of hydrogen-bond donors (Lipinski definition) is 0. The SMILES string of the molecule is N#Cc1ccc(Oc2ncnc(Cl)c2[N+](=O)[O-])cc1F. The Labute approximate surface area is 116 Å². The molecular formula is C11H4ClFN4O3. The zero-order chi connectivity index (χ0) is 14.7. The predicted octanol–water partition coefficient (Wildman–Crippen LogP) is 2.84. The van der Waals surface area contributed by atoms with Crippen molar-refractivity contribution in [2.45, 2.75) is 0 Å². The van der Waals surface area contributed by atoms with Crippen LogP contribution in [0.1, 0.15) is 5.56 Å². The Morgan fingerprint density at radius 2 is 2.20 bits per heavy atom. The van der Waals surface area contributed by atoms with Gasteiger partial charge in [-0.25, -0.2) is 9.37 Å². The fraction of sp³-hybridized carbons (Fsp3) is 0. The van der Waals surface area contributed by atoms with Gasteiger partial charge in [-0.1, -0.05) is 11.6 Å². The second-order valence-corrected chi connectivity index (χ2v) is 3.79. The highest BCUT2D eigenvalue weighted by molar-refractivity contribution is 6.31. The molecule has 1 aromatic carbocycles. The van der Waals surface area contributed by atoms with E-state index in [1.807, 2.05) is 0 Å². The zero-order valence-corrected chi connectivity index (χ0v) is 10.3. The van der Waals surface area contributed by atoms with Crippen LogP contribution in [0, 0.1) is 27.3 Å². The van der Waals surface area contributed by atoms with Crippen LogP contribution in [0.5, 0.6) is 11.6 Å². The summed E-state index contributed by atoms with van der Waals surface area (Å²) in [4.78, 5) is 17.1. The summed E-state index contributed by atoms with van der Waals surface area (Å²) >= 11 is 5.58. The van der Waals surface area contributed by atoms with Crippen LogP contribution >= 0.6 is 11.6 Å². The molecule has 0 unspecified atom stereocenters. The molecular weight excluding hydrogens is 291 g/mol. The van der Waals surface area contributed by atoms with Gasteiger partial charge in [0.1, 0.15) is 24.0 Å². The van der Waals surface area contributed by atoms with Crippen molar-refractivity contribution in [1.82, 2.24) is 9.97 Å². The van der Waals surface area contributed by atoms with Crippen molar-refractivity contribution in [3.8, 4) is 17.7 Å². The van der Waals surface area contributed by atoms with Crippen molar-refractivity contribution in [3.63, 3.8) is 0 Å². The Morgan fingerprint density at radius 3 is 2.80 bits per heavy atom. The lowest BCUT2D eigenvalue weighted by atomic mass is 10.2. The lowest BCUT2D eigenvalue weighted by molar-refractivity contribution is -0.386. The summed E-state index contributed by atoms with van der Waals surface area (Å²) in [6, 6.07) is 5.01. The smallest absolute Gasteiger partial charge is 0.368 e. The minimum absolute atomic E-state index is 0.0561. The number of halogens is 2. The van der Waals surface area contributed by atoms with E-state index in [1.54, 1.807) is 6.07 Å². The van der Waals surface area contributed by atoms with Crippen molar-refractivity contribution in [2.24, 2.45) is 0 Å². The molecule has 1 aromatic heterocycles. The standard InChI is InChI=1S/C11H4ClFN4O3/c12-10-9(17(18)19)11(16-5-15-10)20-7-2-1-6(4-14)8(13)3-7/h1-3,5H. The zero-order valence-electron chi connectivity index (χ0n) is 9.58. The summed E-state index contributed by atoms with van der Waals surface area (Å²) in [5.74, 6) is -1.29. The van der Waals surface area contributed by atoms with E-state index in [2.05, 4.69) is 9.97 Å². The van der Waals surface area contributed by atoms with Crippen molar-refractivity contribution in [3.05, 3.63) is 51.2 Å². The maximum Gasteiger partial charge on any atom is 0.368 e. The van der Waals surface area contributed by atoms with Crippen molar-refractivity contribution in [2.75, 3.05) is 0 Å². The minimum Gasteiger partial charge on any atom is -0.433 e. The highest BCUT2D eigenvalue weighted by Gasteiger charge is 2.23. The van der Waals surface area contributed by atoms with E-state index in [0.717, 1.165) is 12.4 Å². The average molecular weight is 295 g/mol. The number of ether oxygens (including phenoxy) is 1. The van der Waals surface area contributed by atoms with Gasteiger partial charge in [-0.05, 0) is 12.1 Å². The summed E-state index contributed by atoms with van der Waals surface area (Å²) in [5, 5.41) is 19.0. The Hall–Kier alpha value is -2.79. The average Bonchev–Trinajstić information content (AvgIpc) is 2.38. The first-order valence-corrected chi connectivity index (χ1v) is 5.43. The number of nitrogens with zero attached hydrogens (tertiary/aromatic N) is 4. The van der Waals surface area contributed by atoms with Gasteiger partial charge in [-0.15, -0.1) is 0 Å². The number of benzene rings is 1. The largest absolute Gasteiger partial charge is 0.433 e. The van der Waals surface area contributed by atoms with E-state index in [1.165, 1.54) is 12.1 Å². The molecule has 0 N–H and O–H groups in total. The molecule has 2 aromatic rings. The summed E-state index contributed by atoms with van der Waals surface area (Å²) in [5.41, 5.74) is -0.800. The third-order valence-corrected chi connectivity index (χ3v) is 2.48. The molecule has 0 amide bonds. The van der Waals surface area contributed by atoms with Gasteiger partial charge in [0.25, 0.3) is 0 Å². The first kappa shape index (κ1) is 13.6. The molecule has 100 valence electrons. The van der Waals surface area contributed by atoms with E-state index in [4.69, 9.17) is 21.6 Å². The molecule has 0 bridgehead atoms. The first-order chi connectivity index (χ1) is 9.52. The maximum absolute atomic E-state index is 13.4. The van der Waals surface area contributed by atoms with E-state index < -0.39 is 27.5 Å². The fourth-order valence-electron chi connectivity index (χ4n) is 1.33. The van der Waals surface area contributed by atoms with Crippen LogP contribution in [0.2, 0.25) is 5.15 Å². The molecule has 0 saturated carbocycles. The minimum atomic E-state index is -0.812. The van der Waals surface area contributed by atoms with Crippen molar-refractivity contribution >= 4 is 17.3 Å². The van der Waals surface area contributed by atoms with Crippen LogP contribution in [-0.2, 0) is 0 Å². The molecule has 0 aliphatic heterocycles. The van der Waals surface area contributed by atoms with Crippen LogP contribution < -0.4 is 4.74 Å². The first-order valence-electron chi connectivity index (χ1n) is 5.05. The number of hydrogen-bond acceptors (Lipinski definition) is 6. The Morgan fingerprint density at radius 1 is 1.45 bits per heavy atom. The lowest BCUT2D eigenvalue weighted by Crippen LogP contribution is -1.98. The van der Waals surface area contributed by atoms with Crippen molar-refractivity contribution < 1.29 is 14.1 Å². The Kier molecular flexibility index (Phi) is 3.72. The monoisotopic (exact) mass is 294 g/mol. The van der Waals surface area contributed by atoms with Crippen LogP contribution in [0.3, 0.4) is 0 Å². The van der Waals surface area contributed by atoms with Crippen LogP contribution in [0.15, 0.2) is 24.5 Å². The van der Waals surface area contributed by atoms with Gasteiger partial charge >= 0.3 is 11.6 Å². The van der Waals surface area contributed by atoms with Gasteiger partial charge in [0, 0.05) is 6.07 Å². The van der Waals surface area contributed by atoms with Crippen LogP contribution in [0.25, 0.3) is 0 Å². The maximum atomic E-state index is 13.4. The summed E-state index contributed by atoms with van der Waals surface area (Å²) in [6.45, 7) is 0. The molecule has 0 saturated heterocycles. The van der Waals surface area contributed by atoms with Gasteiger partial charge in [-0.2, -0.15) is 10.2 Å². The third kappa shape index (κ3) is 2.62. The molecule has 7 nitrogen and oxygen atoms in total. The number of nitro groups is 1. The van der Waals surface area contributed by atoms with Gasteiger partial charge in [-0.3, -0.25) is 10.1 Å². The predicted molar refractivity (Wildman–Crippen MR) is 64.9 cm³/mol. The molecule has 0 atom stereocenters. The van der Waals surface area contributed by atoms with Crippen molar-refractivity contribution in [1.29, 1.82) is 5.26 Å². The Balaban J connectivity index is 2.41. The highest BCUT2D eigenvalue weighted by Crippen LogP contribution is 2.33. The molecule has 9 heteroatoms. The fourth-order valence-corrected chi connectivity index (χ4v) is 1.53. The summed E-state index contributed by atoms with van der Waals surface area (Å²) in [6.07, 6.45) is 0.977. The normalized spacial score (nSPS) is 9.85. The van der Waals surface area contributed by atoms with E-state index >= 15 is 0 Å². The van der Waals surface area contributed by atoms with Crippen LogP contribution in [-0.4, -0.2) is 14.9 Å². The van der Waals surface area contributed by atoms with Gasteiger partial charge in [0.05, 0.1) is 10.5 Å². The molecule has 0 spiro atoms. The molecule has 20 heavy (non-hydrogen) atoms. The van der Waals surface area contributed by atoms with E-state index in [-0.39, 0.29) is 11.3 Å². The molecule has 0 aliphatic rings. The summed E-state index contributed by atoms with van der Waals surface area (Å²) < 4.78 is 18.5. The van der Waals surface area contributed by atoms with Gasteiger partial charge in [0.15, 0.2) is 0 Å². The highest BCUT2D eigenvalue weighted by atomic mass is 35.5. The third-order valence-electron chi connectivity index (χ3n) is 2.20. The topological polar surface area (TPSA) is 102 Å². The second kappa shape index (κ2) is 5.46. The van der Waals surface area contributed by atoms with E-state index in [9.17, 15) is 14.5 Å². The number of rotatable bonds is 3. The molecule has 1 heterocycles. The summed E-state index contributed by atoms with van der Waals surface area (Å²) in [7, 11) is 0. The molecule has 0 radical (unpaired) electrons. The van der Waals surface area contributed by atoms with E-state index in [0.29, 0.717) is 0 Å².